The van der Waals surface area contributed by atoms with Crippen LogP contribution in [0.25, 0.3) is 0 Å². The first-order valence-electron chi connectivity index (χ1n) is 5.45. The van der Waals surface area contributed by atoms with Crippen molar-refractivity contribution in [1.29, 1.82) is 0 Å². The molecule has 1 amide bonds. The Hall–Kier alpha value is -1.88. The average molecular weight is 291 g/mol. The number of anilines is 1. The standard InChI is InChI=1S/C8H13N5O5S/c1-17-8(14)13-19(15,16)12-7-11-10-6(18-7)5-3-2-4-9-5/h5,9H,2-4H2,1H3,(H,11,12)(H,13,14). The van der Waals surface area contributed by atoms with Crippen molar-refractivity contribution in [3.05, 3.63) is 5.89 Å². The van der Waals surface area contributed by atoms with Gasteiger partial charge in [0.05, 0.1) is 13.2 Å². The number of hydrogen-bond acceptors (Lipinski definition) is 8. The van der Waals surface area contributed by atoms with Gasteiger partial charge in [0, 0.05) is 0 Å². The summed E-state index contributed by atoms with van der Waals surface area (Å²) in [6.45, 7) is 0.845. The Bertz CT molecular complexity index is 550. The van der Waals surface area contributed by atoms with Gasteiger partial charge in [-0.05, 0) is 19.4 Å². The van der Waals surface area contributed by atoms with Crippen LogP contribution >= 0.6 is 0 Å². The lowest BCUT2D eigenvalue weighted by Gasteiger charge is -2.05. The minimum Gasteiger partial charge on any atom is -0.452 e. The second kappa shape index (κ2) is 5.40. The van der Waals surface area contributed by atoms with Crippen LogP contribution in [-0.2, 0) is 14.9 Å². The molecule has 1 aliphatic heterocycles. The van der Waals surface area contributed by atoms with E-state index in [2.05, 4.69) is 20.3 Å². The van der Waals surface area contributed by atoms with E-state index in [4.69, 9.17) is 4.42 Å². The van der Waals surface area contributed by atoms with Crippen LogP contribution in [0.1, 0.15) is 24.8 Å². The van der Waals surface area contributed by atoms with Crippen molar-refractivity contribution in [2.75, 3.05) is 18.4 Å². The molecule has 1 aromatic rings. The lowest BCUT2D eigenvalue weighted by atomic mass is 10.2. The molecule has 0 radical (unpaired) electrons. The van der Waals surface area contributed by atoms with Crippen LogP contribution in [0.3, 0.4) is 0 Å². The molecule has 1 aromatic heterocycles. The third-order valence-electron chi connectivity index (χ3n) is 2.42. The summed E-state index contributed by atoms with van der Waals surface area (Å²) in [6, 6.07) is -0.389. The van der Waals surface area contributed by atoms with Gasteiger partial charge in [0.1, 0.15) is 0 Å². The van der Waals surface area contributed by atoms with Gasteiger partial charge in [-0.25, -0.2) is 14.2 Å². The highest BCUT2D eigenvalue weighted by molar-refractivity contribution is 7.91. The molecule has 0 aromatic carbocycles. The molecular weight excluding hydrogens is 278 g/mol. The molecule has 1 fully saturated rings. The Kier molecular flexibility index (Phi) is 3.85. The van der Waals surface area contributed by atoms with E-state index in [1.807, 2.05) is 4.72 Å². The smallest absolute Gasteiger partial charge is 0.422 e. The van der Waals surface area contributed by atoms with Gasteiger partial charge in [-0.1, -0.05) is 5.10 Å². The van der Waals surface area contributed by atoms with Gasteiger partial charge in [-0.15, -0.1) is 5.10 Å². The normalized spacial score (nSPS) is 19.1. The van der Waals surface area contributed by atoms with Crippen molar-refractivity contribution in [3.63, 3.8) is 0 Å². The Balaban J connectivity index is 2.01. The van der Waals surface area contributed by atoms with E-state index in [0.717, 1.165) is 26.5 Å². The topological polar surface area (TPSA) is 135 Å². The SMILES string of the molecule is COC(=O)NS(=O)(=O)Nc1nnc(C2CCCN2)o1. The monoisotopic (exact) mass is 291 g/mol. The molecule has 1 unspecified atom stereocenters. The van der Waals surface area contributed by atoms with Crippen LogP contribution in [0, 0.1) is 0 Å². The van der Waals surface area contributed by atoms with Crippen molar-refractivity contribution in [1.82, 2.24) is 20.2 Å². The molecule has 19 heavy (non-hydrogen) atoms. The van der Waals surface area contributed by atoms with Crippen LogP contribution in [-0.4, -0.2) is 38.4 Å². The molecule has 0 bridgehead atoms. The number of carbonyl (C=O) groups excluding carboxylic acids is 1. The lowest BCUT2D eigenvalue weighted by molar-refractivity contribution is 0.177. The van der Waals surface area contributed by atoms with Gasteiger partial charge in [-0.3, -0.25) is 0 Å². The number of aromatic nitrogens is 2. The highest BCUT2D eigenvalue weighted by atomic mass is 32.2. The molecule has 1 saturated heterocycles. The number of ether oxygens (including phenoxy) is 1. The molecule has 2 rings (SSSR count). The van der Waals surface area contributed by atoms with Crippen molar-refractivity contribution >= 4 is 22.3 Å². The predicted molar refractivity (Wildman–Crippen MR) is 62.4 cm³/mol. The van der Waals surface area contributed by atoms with Gasteiger partial charge in [0.15, 0.2) is 0 Å². The number of amides is 1. The van der Waals surface area contributed by atoms with E-state index in [9.17, 15) is 13.2 Å². The number of carbonyl (C=O) groups is 1. The summed E-state index contributed by atoms with van der Waals surface area (Å²) in [6.07, 6.45) is 0.706. The van der Waals surface area contributed by atoms with E-state index < -0.39 is 16.3 Å². The summed E-state index contributed by atoms with van der Waals surface area (Å²) < 4.78 is 35.7. The molecule has 2 heterocycles. The predicted octanol–water partition coefficient (Wildman–Crippen LogP) is -0.493. The second-order valence-electron chi connectivity index (χ2n) is 3.79. The molecule has 1 aliphatic rings. The summed E-state index contributed by atoms with van der Waals surface area (Å²) in [5.41, 5.74) is 0. The van der Waals surface area contributed by atoms with Crippen LogP contribution in [0.5, 0.6) is 0 Å². The van der Waals surface area contributed by atoms with Gasteiger partial charge >= 0.3 is 22.3 Å². The van der Waals surface area contributed by atoms with Gasteiger partial charge in [0.25, 0.3) is 0 Å². The van der Waals surface area contributed by atoms with Crippen LogP contribution in [0.4, 0.5) is 10.8 Å². The third kappa shape index (κ3) is 3.54. The quantitative estimate of drug-likeness (QED) is 0.676. The molecule has 3 N–H and O–H groups in total. The molecule has 10 nitrogen and oxygen atoms in total. The number of nitrogens with one attached hydrogen (secondary N) is 3. The fourth-order valence-electron chi connectivity index (χ4n) is 1.60. The maximum Gasteiger partial charge on any atom is 0.422 e. The zero-order valence-corrected chi connectivity index (χ0v) is 10.9. The Labute approximate surface area is 109 Å². The van der Waals surface area contributed by atoms with Crippen molar-refractivity contribution in [2.24, 2.45) is 0 Å². The minimum absolute atomic E-state index is 0.0701. The highest BCUT2D eigenvalue weighted by Crippen LogP contribution is 2.22. The average Bonchev–Trinajstić information content (AvgIpc) is 2.97. The van der Waals surface area contributed by atoms with Crippen molar-refractivity contribution in [2.45, 2.75) is 18.9 Å². The molecule has 1 atom stereocenters. The number of hydrogen-bond donors (Lipinski definition) is 3. The summed E-state index contributed by atoms with van der Waals surface area (Å²) in [5.74, 6) is 0.299. The van der Waals surface area contributed by atoms with E-state index in [1.54, 1.807) is 4.72 Å². The van der Waals surface area contributed by atoms with E-state index >= 15 is 0 Å². The first-order valence-corrected chi connectivity index (χ1v) is 6.94. The fourth-order valence-corrected chi connectivity index (χ4v) is 2.27. The summed E-state index contributed by atoms with van der Waals surface area (Å²) in [5, 5.41) is 10.4. The molecule has 106 valence electrons. The summed E-state index contributed by atoms with van der Waals surface area (Å²) >= 11 is 0. The van der Waals surface area contributed by atoms with Crippen LogP contribution in [0.2, 0.25) is 0 Å². The van der Waals surface area contributed by atoms with Crippen LogP contribution < -0.4 is 14.8 Å². The van der Waals surface area contributed by atoms with E-state index in [-0.39, 0.29) is 12.1 Å². The number of nitrogens with zero attached hydrogens (tertiary/aromatic N) is 2. The first-order chi connectivity index (χ1) is 9.00. The first kappa shape index (κ1) is 13.5. The van der Waals surface area contributed by atoms with Gasteiger partial charge < -0.3 is 14.5 Å². The fraction of sp³-hybridized carbons (Fsp3) is 0.625. The summed E-state index contributed by atoms with van der Waals surface area (Å²) in [7, 11) is -3.10. The highest BCUT2D eigenvalue weighted by Gasteiger charge is 2.24. The zero-order chi connectivity index (χ0) is 13.9. The maximum atomic E-state index is 11.4. The maximum absolute atomic E-state index is 11.4. The zero-order valence-electron chi connectivity index (χ0n) is 10.0. The van der Waals surface area contributed by atoms with Crippen LogP contribution in [0.15, 0.2) is 4.42 Å². The summed E-state index contributed by atoms with van der Waals surface area (Å²) in [4.78, 5) is 10.8. The molecular formula is C8H13N5O5S. The second-order valence-corrected chi connectivity index (χ2v) is 5.21. The van der Waals surface area contributed by atoms with Gasteiger partial charge in [0.2, 0.25) is 5.89 Å². The van der Waals surface area contributed by atoms with Crippen molar-refractivity contribution < 1.29 is 22.4 Å². The molecule has 0 aliphatic carbocycles. The Morgan fingerprint density at radius 3 is 2.95 bits per heavy atom. The number of methoxy groups -OCH3 is 1. The lowest BCUT2D eigenvalue weighted by Crippen LogP contribution is -2.35. The van der Waals surface area contributed by atoms with E-state index in [0.29, 0.717) is 5.89 Å². The van der Waals surface area contributed by atoms with E-state index in [1.165, 1.54) is 0 Å². The molecule has 0 spiro atoms. The Morgan fingerprint density at radius 2 is 2.32 bits per heavy atom. The Morgan fingerprint density at radius 1 is 1.53 bits per heavy atom. The van der Waals surface area contributed by atoms with Gasteiger partial charge in [-0.2, -0.15) is 8.42 Å². The largest absolute Gasteiger partial charge is 0.452 e. The minimum atomic E-state index is -4.15. The van der Waals surface area contributed by atoms with Crippen molar-refractivity contribution in [3.8, 4) is 0 Å². The number of rotatable bonds is 4. The third-order valence-corrected chi connectivity index (χ3v) is 3.30. The molecule has 11 heteroatoms. The molecule has 0 saturated carbocycles.